The number of Topliss-reactive ketones (excluding diaryl/α,β-unsaturated/α-hetero) is 1. The molecule has 0 spiro atoms. The molecule has 0 radical (unpaired) electrons. The lowest BCUT2D eigenvalue weighted by Gasteiger charge is -2.18. The zero-order chi connectivity index (χ0) is 22.6. The minimum atomic E-state index is -0.873. The average Bonchev–Trinajstić information content (AvgIpc) is 3.06. The molecule has 0 saturated carbocycles. The Morgan fingerprint density at radius 1 is 1.13 bits per heavy atom. The summed E-state index contributed by atoms with van der Waals surface area (Å²) in [5.41, 5.74) is 2.54. The van der Waals surface area contributed by atoms with E-state index in [0.717, 1.165) is 23.9 Å². The molecule has 0 aromatic heterocycles. The lowest BCUT2D eigenvalue weighted by Crippen LogP contribution is -2.28. The third-order valence-electron chi connectivity index (χ3n) is 5.22. The highest BCUT2D eigenvalue weighted by molar-refractivity contribution is 6.61. The molecule has 0 fully saturated rings. The van der Waals surface area contributed by atoms with E-state index in [9.17, 15) is 14.9 Å². The van der Waals surface area contributed by atoms with Crippen LogP contribution in [0, 0.1) is 12.3 Å². The number of fused-ring (bicyclic) bond motifs is 1. The molecular weight excluding hydrogens is 395 g/mol. The van der Waals surface area contributed by atoms with Crippen LogP contribution in [0.5, 0.6) is 17.2 Å². The number of ether oxygens (including phenoxy) is 2. The topological polar surface area (TPSA) is 85.2 Å². The Labute approximate surface area is 184 Å². The molecular formula is C24H31BO6. The van der Waals surface area contributed by atoms with Crippen molar-refractivity contribution in [3.63, 3.8) is 0 Å². The zero-order valence-electron chi connectivity index (χ0n) is 18.7. The first kappa shape index (κ1) is 23.2. The highest BCUT2D eigenvalue weighted by Gasteiger charge is 2.27. The fourth-order valence-corrected chi connectivity index (χ4v) is 3.50. The number of unbranched alkanes of at least 4 members (excludes halogenated alkanes) is 1. The molecule has 0 aliphatic carbocycles. The number of carbonyl (C=O) groups excluding carboxylic acids is 1. The molecule has 0 saturated heterocycles. The number of hydrogen-bond acceptors (Lipinski definition) is 6. The lowest BCUT2D eigenvalue weighted by molar-refractivity contribution is 0.0937. The van der Waals surface area contributed by atoms with E-state index in [0.29, 0.717) is 48.9 Å². The Kier molecular flexibility index (Phi) is 7.28. The highest BCUT2D eigenvalue weighted by atomic mass is 16.5. The molecule has 0 amide bonds. The maximum atomic E-state index is 12.4. The second-order valence-corrected chi connectivity index (χ2v) is 9.17. The molecule has 1 aliphatic rings. The van der Waals surface area contributed by atoms with Gasteiger partial charge >= 0.3 is 7.12 Å². The van der Waals surface area contributed by atoms with Crippen LogP contribution >= 0.6 is 0 Å². The number of benzene rings is 2. The van der Waals surface area contributed by atoms with Gasteiger partial charge in [-0.25, -0.2) is 0 Å². The first-order valence-electron chi connectivity index (χ1n) is 10.7. The Morgan fingerprint density at radius 3 is 2.55 bits per heavy atom. The summed E-state index contributed by atoms with van der Waals surface area (Å²) in [6, 6.07) is 9.00. The number of ketones is 1. The minimum Gasteiger partial charge on any atom is -0.507 e. The van der Waals surface area contributed by atoms with Crippen LogP contribution in [0.2, 0.25) is 0 Å². The van der Waals surface area contributed by atoms with Crippen LogP contribution < -0.4 is 14.9 Å². The van der Waals surface area contributed by atoms with Gasteiger partial charge in [0.05, 0.1) is 25.4 Å². The monoisotopic (exact) mass is 426 g/mol. The molecule has 1 heterocycles. The van der Waals surface area contributed by atoms with Crippen molar-refractivity contribution in [2.75, 3.05) is 13.2 Å². The number of phenols is 1. The summed E-state index contributed by atoms with van der Waals surface area (Å²) in [6.07, 6.45) is 1.95. The van der Waals surface area contributed by atoms with E-state index in [2.05, 4.69) is 0 Å². The predicted octanol–water partition coefficient (Wildman–Crippen LogP) is 3.78. The normalized spacial score (nSPS) is 13.3. The summed E-state index contributed by atoms with van der Waals surface area (Å²) in [4.78, 5) is 12.4. The third-order valence-corrected chi connectivity index (χ3v) is 5.22. The molecule has 1 aliphatic heterocycles. The summed E-state index contributed by atoms with van der Waals surface area (Å²) in [7, 11) is -0.873. The smallest absolute Gasteiger partial charge is 0.491 e. The van der Waals surface area contributed by atoms with Gasteiger partial charge in [0.25, 0.3) is 0 Å². The van der Waals surface area contributed by atoms with Crippen molar-refractivity contribution in [3.05, 3.63) is 47.0 Å². The average molecular weight is 426 g/mol. The van der Waals surface area contributed by atoms with E-state index in [1.165, 1.54) is 0 Å². The summed E-state index contributed by atoms with van der Waals surface area (Å²) < 4.78 is 16.7. The summed E-state index contributed by atoms with van der Waals surface area (Å²) >= 11 is 0. The Bertz CT molecular complexity index is 934. The SMILES string of the molecule is Cc1c(OCCCCOc2ccc3c(c2)B(O)OC3)ccc(C(=O)CC(C)(C)C)c1O. The van der Waals surface area contributed by atoms with Gasteiger partial charge in [-0.15, -0.1) is 0 Å². The van der Waals surface area contributed by atoms with Crippen molar-refractivity contribution in [2.45, 2.75) is 53.6 Å². The Hall–Kier alpha value is -2.51. The minimum absolute atomic E-state index is 0.00198. The Balaban J connectivity index is 1.44. The van der Waals surface area contributed by atoms with Gasteiger partial charge in [-0.1, -0.05) is 26.8 Å². The first-order valence-corrected chi connectivity index (χ1v) is 10.7. The van der Waals surface area contributed by atoms with Gasteiger partial charge in [-0.3, -0.25) is 4.79 Å². The van der Waals surface area contributed by atoms with Crippen LogP contribution in [-0.4, -0.2) is 36.2 Å². The molecule has 166 valence electrons. The number of rotatable bonds is 9. The van der Waals surface area contributed by atoms with Crippen LogP contribution in [0.25, 0.3) is 0 Å². The molecule has 2 aromatic carbocycles. The lowest BCUT2D eigenvalue weighted by atomic mass is 9.79. The van der Waals surface area contributed by atoms with Crippen LogP contribution in [0.3, 0.4) is 0 Å². The van der Waals surface area contributed by atoms with Crippen molar-refractivity contribution >= 4 is 18.4 Å². The van der Waals surface area contributed by atoms with E-state index in [-0.39, 0.29) is 16.9 Å². The van der Waals surface area contributed by atoms with Crippen molar-refractivity contribution < 1.29 is 29.1 Å². The number of aromatic hydroxyl groups is 1. The summed E-state index contributed by atoms with van der Waals surface area (Å²) in [5, 5.41) is 20.2. The van der Waals surface area contributed by atoms with Crippen molar-refractivity contribution in [1.29, 1.82) is 0 Å². The maximum absolute atomic E-state index is 12.4. The van der Waals surface area contributed by atoms with E-state index < -0.39 is 7.12 Å². The van der Waals surface area contributed by atoms with E-state index in [4.69, 9.17) is 14.1 Å². The van der Waals surface area contributed by atoms with E-state index >= 15 is 0 Å². The number of hydrogen-bond donors (Lipinski definition) is 2. The fraction of sp³-hybridized carbons (Fsp3) is 0.458. The maximum Gasteiger partial charge on any atom is 0.491 e. The van der Waals surface area contributed by atoms with E-state index in [1.54, 1.807) is 19.1 Å². The van der Waals surface area contributed by atoms with Gasteiger partial charge < -0.3 is 24.3 Å². The van der Waals surface area contributed by atoms with Gasteiger partial charge in [0.1, 0.15) is 17.2 Å². The largest absolute Gasteiger partial charge is 0.507 e. The standard InChI is InChI=1S/C24H31BO6/c1-16-22(10-9-19(23(16)27)21(26)14-24(2,3)4)30-12-6-5-11-29-18-8-7-17-15-31-25(28)20(17)13-18/h7-10,13,27-28H,5-6,11-12,14-15H2,1-4H3. The highest BCUT2D eigenvalue weighted by Crippen LogP contribution is 2.33. The van der Waals surface area contributed by atoms with Crippen LogP contribution in [0.1, 0.15) is 61.5 Å². The third kappa shape index (κ3) is 6.02. The molecule has 0 bridgehead atoms. The quantitative estimate of drug-likeness (QED) is 0.361. The molecule has 0 atom stereocenters. The van der Waals surface area contributed by atoms with Gasteiger partial charge in [0.2, 0.25) is 0 Å². The molecule has 31 heavy (non-hydrogen) atoms. The van der Waals surface area contributed by atoms with Gasteiger partial charge in [0.15, 0.2) is 5.78 Å². The van der Waals surface area contributed by atoms with Gasteiger partial charge in [-0.2, -0.15) is 0 Å². The van der Waals surface area contributed by atoms with Gasteiger partial charge in [-0.05, 0) is 60.5 Å². The second kappa shape index (κ2) is 9.75. The molecule has 0 unspecified atom stereocenters. The predicted molar refractivity (Wildman–Crippen MR) is 120 cm³/mol. The van der Waals surface area contributed by atoms with Gasteiger partial charge in [0, 0.05) is 12.0 Å². The second-order valence-electron chi connectivity index (χ2n) is 9.17. The summed E-state index contributed by atoms with van der Waals surface area (Å²) in [6.45, 7) is 9.19. The number of phenolic OH excluding ortho intramolecular Hbond substituents is 1. The van der Waals surface area contributed by atoms with E-state index in [1.807, 2.05) is 39.0 Å². The summed E-state index contributed by atoms with van der Waals surface area (Å²) in [5.74, 6) is 1.22. The molecule has 3 rings (SSSR count). The molecule has 2 aromatic rings. The zero-order valence-corrected chi connectivity index (χ0v) is 18.7. The van der Waals surface area contributed by atoms with Crippen molar-refractivity contribution in [1.82, 2.24) is 0 Å². The fourth-order valence-electron chi connectivity index (χ4n) is 3.50. The van der Waals surface area contributed by atoms with Crippen LogP contribution in [0.15, 0.2) is 30.3 Å². The van der Waals surface area contributed by atoms with Crippen molar-refractivity contribution in [2.24, 2.45) is 5.41 Å². The van der Waals surface area contributed by atoms with Crippen LogP contribution in [0.4, 0.5) is 0 Å². The molecule has 6 nitrogen and oxygen atoms in total. The first-order chi connectivity index (χ1) is 14.7. The van der Waals surface area contributed by atoms with Crippen molar-refractivity contribution in [3.8, 4) is 17.2 Å². The number of carbonyl (C=O) groups is 1. The molecule has 2 N–H and O–H groups in total. The Morgan fingerprint density at radius 2 is 1.84 bits per heavy atom. The van der Waals surface area contributed by atoms with Crippen LogP contribution in [-0.2, 0) is 11.3 Å². The molecule has 7 heteroatoms.